The summed E-state index contributed by atoms with van der Waals surface area (Å²) in [5.41, 5.74) is 0. The molecule has 0 radical (unpaired) electrons. The van der Waals surface area contributed by atoms with Crippen LogP contribution in [0.4, 0.5) is 13.2 Å². The summed E-state index contributed by atoms with van der Waals surface area (Å²) in [5.74, 6) is 0.807. The first kappa shape index (κ1) is 26.7. The van der Waals surface area contributed by atoms with Gasteiger partial charge in [-0.25, -0.2) is 0 Å². The second-order valence-electron chi connectivity index (χ2n) is 6.16. The van der Waals surface area contributed by atoms with Crippen molar-refractivity contribution in [3.8, 4) is 0 Å². The predicted octanol–water partition coefficient (Wildman–Crippen LogP) is 3.06. The number of alkyl halides is 3. The second kappa shape index (κ2) is 15.6. The Morgan fingerprint density at radius 3 is 2.44 bits per heavy atom. The third kappa shape index (κ3) is 13.5. The summed E-state index contributed by atoms with van der Waals surface area (Å²) in [4.78, 5) is 6.67. The van der Waals surface area contributed by atoms with Crippen LogP contribution in [0, 0.1) is 0 Å². The van der Waals surface area contributed by atoms with Gasteiger partial charge in [0, 0.05) is 53.1 Å². The van der Waals surface area contributed by atoms with Crippen molar-refractivity contribution in [2.24, 2.45) is 4.99 Å². The maximum Gasteiger partial charge on any atom is 0.411 e. The highest BCUT2D eigenvalue weighted by Gasteiger charge is 2.27. The minimum atomic E-state index is -4.27. The van der Waals surface area contributed by atoms with Crippen molar-refractivity contribution in [1.29, 1.82) is 0 Å². The van der Waals surface area contributed by atoms with Crippen molar-refractivity contribution in [3.05, 3.63) is 0 Å². The lowest BCUT2D eigenvalue weighted by Crippen LogP contribution is -2.47. The smallest absolute Gasteiger partial charge is 0.385 e. The van der Waals surface area contributed by atoms with E-state index in [0.29, 0.717) is 26.2 Å². The van der Waals surface area contributed by atoms with Crippen molar-refractivity contribution in [2.75, 3.05) is 59.7 Å². The van der Waals surface area contributed by atoms with Gasteiger partial charge in [-0.3, -0.25) is 4.99 Å². The second-order valence-corrected chi connectivity index (χ2v) is 6.16. The average molecular weight is 511 g/mol. The van der Waals surface area contributed by atoms with Crippen LogP contribution < -0.4 is 5.32 Å². The number of likely N-dealkylation sites (tertiary alicyclic amines) is 1. The first-order chi connectivity index (χ1) is 12.5. The predicted molar refractivity (Wildman–Crippen MR) is 110 cm³/mol. The number of aliphatic imine (C=N–C) groups is 1. The van der Waals surface area contributed by atoms with E-state index in [-0.39, 0.29) is 36.7 Å². The molecule has 1 aliphatic rings. The van der Waals surface area contributed by atoms with Gasteiger partial charge in [0.15, 0.2) is 5.96 Å². The van der Waals surface area contributed by atoms with Gasteiger partial charge in [-0.2, -0.15) is 13.2 Å². The number of halogens is 4. The molecule has 0 amide bonds. The Morgan fingerprint density at radius 1 is 1.15 bits per heavy atom. The van der Waals surface area contributed by atoms with Crippen molar-refractivity contribution in [3.63, 3.8) is 0 Å². The van der Waals surface area contributed by atoms with Crippen LogP contribution in [-0.2, 0) is 14.2 Å². The number of hydrogen-bond donors (Lipinski definition) is 1. The Balaban J connectivity index is 0.00000676. The molecular formula is C17H33F3IN3O3. The van der Waals surface area contributed by atoms with Crippen LogP contribution in [0.1, 0.15) is 32.6 Å². The minimum Gasteiger partial charge on any atom is -0.385 e. The molecule has 1 saturated heterocycles. The molecular weight excluding hydrogens is 478 g/mol. The first-order valence-electron chi connectivity index (χ1n) is 9.24. The molecule has 27 heavy (non-hydrogen) atoms. The molecule has 1 heterocycles. The molecule has 1 aliphatic heterocycles. The Labute approximate surface area is 177 Å². The number of nitrogens with one attached hydrogen (secondary N) is 1. The van der Waals surface area contributed by atoms with Gasteiger partial charge in [-0.1, -0.05) is 0 Å². The highest BCUT2D eigenvalue weighted by atomic mass is 127. The molecule has 0 atom stereocenters. The van der Waals surface area contributed by atoms with Gasteiger partial charge in [0.1, 0.15) is 6.61 Å². The lowest BCUT2D eigenvalue weighted by atomic mass is 10.1. The fourth-order valence-corrected chi connectivity index (χ4v) is 2.65. The summed E-state index contributed by atoms with van der Waals surface area (Å²) < 4.78 is 51.5. The minimum absolute atomic E-state index is 0. The molecule has 0 spiro atoms. The average Bonchev–Trinajstić information content (AvgIpc) is 2.60. The van der Waals surface area contributed by atoms with Crippen LogP contribution in [0.25, 0.3) is 0 Å². The number of piperidine rings is 1. The van der Waals surface area contributed by atoms with E-state index in [1.807, 2.05) is 6.92 Å². The molecule has 1 rings (SSSR count). The number of hydrogen-bond acceptors (Lipinski definition) is 4. The maximum absolute atomic E-state index is 12.0. The van der Waals surface area contributed by atoms with Crippen LogP contribution in [0.3, 0.4) is 0 Å². The van der Waals surface area contributed by atoms with Gasteiger partial charge >= 0.3 is 6.18 Å². The Bertz CT molecular complexity index is 393. The molecule has 0 saturated carbocycles. The van der Waals surface area contributed by atoms with Crippen LogP contribution >= 0.6 is 24.0 Å². The number of methoxy groups -OCH3 is 1. The Hall–Kier alpha value is -0.330. The zero-order chi connectivity index (χ0) is 19.3. The number of nitrogens with zero attached hydrogens (tertiary/aromatic N) is 2. The molecule has 162 valence electrons. The van der Waals surface area contributed by atoms with E-state index in [0.717, 1.165) is 44.9 Å². The Morgan fingerprint density at radius 2 is 1.85 bits per heavy atom. The maximum atomic E-state index is 12.0. The van der Waals surface area contributed by atoms with Gasteiger partial charge in [0.05, 0.1) is 6.10 Å². The van der Waals surface area contributed by atoms with Crippen LogP contribution in [0.5, 0.6) is 0 Å². The number of ether oxygens (including phenoxy) is 3. The summed E-state index contributed by atoms with van der Waals surface area (Å²) in [7, 11) is 1.68. The topological polar surface area (TPSA) is 55.3 Å². The highest BCUT2D eigenvalue weighted by Crippen LogP contribution is 2.15. The SMILES string of the molecule is CCNC(=NCCCOCC(F)(F)F)N1CCC(OCCCOC)CC1.I. The van der Waals surface area contributed by atoms with Gasteiger partial charge in [0.25, 0.3) is 0 Å². The van der Waals surface area contributed by atoms with Crippen molar-refractivity contribution < 1.29 is 27.4 Å². The summed E-state index contributed by atoms with van der Waals surface area (Å²) in [6, 6.07) is 0. The van der Waals surface area contributed by atoms with Gasteiger partial charge < -0.3 is 24.4 Å². The molecule has 0 bridgehead atoms. The summed E-state index contributed by atoms with van der Waals surface area (Å²) in [6.07, 6.45) is -0.769. The zero-order valence-electron chi connectivity index (χ0n) is 16.2. The summed E-state index contributed by atoms with van der Waals surface area (Å²) in [5, 5.41) is 3.24. The monoisotopic (exact) mass is 511 g/mol. The first-order valence-corrected chi connectivity index (χ1v) is 9.24. The fraction of sp³-hybridized carbons (Fsp3) is 0.941. The highest BCUT2D eigenvalue weighted by molar-refractivity contribution is 14.0. The fourth-order valence-electron chi connectivity index (χ4n) is 2.65. The zero-order valence-corrected chi connectivity index (χ0v) is 18.6. The van der Waals surface area contributed by atoms with E-state index in [1.165, 1.54) is 0 Å². The largest absolute Gasteiger partial charge is 0.411 e. The van der Waals surface area contributed by atoms with Crippen molar-refractivity contribution in [1.82, 2.24) is 10.2 Å². The van der Waals surface area contributed by atoms with E-state index in [2.05, 4.69) is 19.9 Å². The van der Waals surface area contributed by atoms with E-state index >= 15 is 0 Å². The van der Waals surface area contributed by atoms with E-state index in [4.69, 9.17) is 9.47 Å². The number of guanidine groups is 1. The van der Waals surface area contributed by atoms with Crippen LogP contribution in [0.15, 0.2) is 4.99 Å². The standard InChI is InChI=1S/C17H32F3N3O3.HI/c1-3-21-16(22-8-4-12-25-14-17(18,19)20)23-9-6-15(7-10-23)26-13-5-11-24-2;/h15H,3-14H2,1-2H3,(H,21,22);1H. The van der Waals surface area contributed by atoms with Crippen LogP contribution in [-0.4, -0.2) is 82.9 Å². The summed E-state index contributed by atoms with van der Waals surface area (Å²) >= 11 is 0. The number of rotatable bonds is 11. The normalized spacial score (nSPS) is 16.3. The molecule has 1 N–H and O–H groups in total. The van der Waals surface area contributed by atoms with Crippen molar-refractivity contribution >= 4 is 29.9 Å². The van der Waals surface area contributed by atoms with E-state index in [1.54, 1.807) is 7.11 Å². The lowest BCUT2D eigenvalue weighted by Gasteiger charge is -2.34. The quantitative estimate of drug-likeness (QED) is 0.200. The Kier molecular flexibility index (Phi) is 15.4. The molecule has 0 aromatic heterocycles. The van der Waals surface area contributed by atoms with E-state index < -0.39 is 12.8 Å². The van der Waals surface area contributed by atoms with Crippen molar-refractivity contribution in [2.45, 2.75) is 44.9 Å². The van der Waals surface area contributed by atoms with Crippen LogP contribution in [0.2, 0.25) is 0 Å². The van der Waals surface area contributed by atoms with Gasteiger partial charge in [-0.15, -0.1) is 24.0 Å². The molecule has 0 unspecified atom stereocenters. The molecule has 1 fully saturated rings. The molecule has 0 aromatic rings. The van der Waals surface area contributed by atoms with E-state index in [9.17, 15) is 13.2 Å². The lowest BCUT2D eigenvalue weighted by molar-refractivity contribution is -0.173. The third-order valence-electron chi connectivity index (χ3n) is 3.90. The summed E-state index contributed by atoms with van der Waals surface area (Å²) in [6.45, 7) is 5.16. The molecule has 6 nitrogen and oxygen atoms in total. The molecule has 0 aromatic carbocycles. The molecule has 0 aliphatic carbocycles. The molecule has 10 heteroatoms. The third-order valence-corrected chi connectivity index (χ3v) is 3.90. The van der Waals surface area contributed by atoms with Gasteiger partial charge in [0.2, 0.25) is 0 Å². The van der Waals surface area contributed by atoms with Gasteiger partial charge in [-0.05, 0) is 32.6 Å².